The summed E-state index contributed by atoms with van der Waals surface area (Å²) in [5.41, 5.74) is 0. The van der Waals surface area contributed by atoms with Crippen LogP contribution in [0.4, 0.5) is 0 Å². The first-order chi connectivity index (χ1) is 22.5. The van der Waals surface area contributed by atoms with Gasteiger partial charge in [-0.2, -0.15) is 0 Å². The molecule has 0 fully saturated rings. The molecule has 9 heteroatoms. The first kappa shape index (κ1) is 45.7. The fraction of sp³-hybridized carbons (Fsp3) is 0.816. The van der Waals surface area contributed by atoms with Gasteiger partial charge in [0.05, 0.1) is 39.9 Å². The van der Waals surface area contributed by atoms with E-state index in [1.807, 2.05) is 21.1 Å². The molecule has 0 spiro atoms. The second kappa shape index (κ2) is 30.8. The molecule has 3 unspecified atom stereocenters. The summed E-state index contributed by atoms with van der Waals surface area (Å²) in [6.07, 6.45) is 34.6. The van der Waals surface area contributed by atoms with Crippen molar-refractivity contribution in [2.75, 3.05) is 40.9 Å². The van der Waals surface area contributed by atoms with Crippen molar-refractivity contribution in [3.8, 4) is 0 Å². The summed E-state index contributed by atoms with van der Waals surface area (Å²) in [5.74, 6) is -0.161. The number of likely N-dealkylation sites (N-methyl/N-ethyl adjacent to an activating group) is 1. The smallest absolute Gasteiger partial charge is 0.391 e. The topological polar surface area (TPSA) is 105 Å². The fourth-order valence-electron chi connectivity index (χ4n) is 5.12. The average molecular weight is 686 g/mol. The molecule has 1 amide bonds. The van der Waals surface area contributed by atoms with Crippen LogP contribution in [0.1, 0.15) is 149 Å². The number of carbonyl (C=O) groups is 1. The van der Waals surface area contributed by atoms with Gasteiger partial charge in [-0.15, -0.1) is 0 Å². The first-order valence-electron chi connectivity index (χ1n) is 18.9. The molecular formula is C38H74N2O6P+. The Balaban J connectivity index is 4.39. The van der Waals surface area contributed by atoms with E-state index in [4.69, 9.17) is 9.05 Å². The standard InChI is InChI=1S/C38H73N2O6P/c1-6-8-10-12-14-16-17-18-19-20-21-22-23-24-26-28-30-32-38(42)39-36(35-46-47(43,44)45-34-33-40(3,4)5)37(41)31-29-27-25-15-13-11-9-7-2/h8,10,14,16,18-19,36-37,41H,6-7,9,11-13,15,17,20-35H2,1-5H3,(H-,39,42,43,44)/p+1/b10-8-,16-14-,19-18-. The van der Waals surface area contributed by atoms with Crippen molar-refractivity contribution in [2.45, 2.75) is 161 Å². The van der Waals surface area contributed by atoms with E-state index in [-0.39, 0.29) is 19.1 Å². The van der Waals surface area contributed by atoms with E-state index in [0.29, 0.717) is 23.9 Å². The van der Waals surface area contributed by atoms with Crippen LogP contribution < -0.4 is 5.32 Å². The Morgan fingerprint density at radius 3 is 1.87 bits per heavy atom. The molecular weight excluding hydrogens is 611 g/mol. The Bertz CT molecular complexity index is 871. The molecule has 3 N–H and O–H groups in total. The number of aliphatic hydroxyl groups excluding tert-OH is 1. The summed E-state index contributed by atoms with van der Waals surface area (Å²) in [6, 6.07) is -0.762. The Morgan fingerprint density at radius 1 is 0.745 bits per heavy atom. The fourth-order valence-corrected chi connectivity index (χ4v) is 5.85. The van der Waals surface area contributed by atoms with E-state index in [2.05, 4.69) is 55.6 Å². The van der Waals surface area contributed by atoms with Gasteiger partial charge in [-0.25, -0.2) is 4.57 Å². The minimum atomic E-state index is -4.30. The van der Waals surface area contributed by atoms with Gasteiger partial charge in [0.2, 0.25) is 5.91 Å². The summed E-state index contributed by atoms with van der Waals surface area (Å²) in [4.78, 5) is 22.9. The molecule has 0 heterocycles. The number of amides is 1. The lowest BCUT2D eigenvalue weighted by molar-refractivity contribution is -0.870. The molecule has 0 aliphatic rings. The Hall–Kier alpha value is -1.28. The first-order valence-corrected chi connectivity index (χ1v) is 20.3. The van der Waals surface area contributed by atoms with Crippen molar-refractivity contribution in [2.24, 2.45) is 0 Å². The molecule has 0 aliphatic carbocycles. The van der Waals surface area contributed by atoms with Gasteiger partial charge in [0.1, 0.15) is 13.2 Å². The Labute approximate surface area is 289 Å². The number of quaternary nitrogens is 1. The lowest BCUT2D eigenvalue weighted by atomic mass is 10.0. The van der Waals surface area contributed by atoms with Crippen LogP contribution in [0, 0.1) is 0 Å². The van der Waals surface area contributed by atoms with E-state index in [9.17, 15) is 19.4 Å². The molecule has 276 valence electrons. The van der Waals surface area contributed by atoms with E-state index in [1.54, 1.807) is 0 Å². The lowest BCUT2D eigenvalue weighted by Gasteiger charge is -2.26. The summed E-state index contributed by atoms with van der Waals surface area (Å²) < 4.78 is 23.4. The van der Waals surface area contributed by atoms with Gasteiger partial charge in [0.25, 0.3) is 0 Å². The highest BCUT2D eigenvalue weighted by molar-refractivity contribution is 7.47. The molecule has 47 heavy (non-hydrogen) atoms. The molecule has 0 radical (unpaired) electrons. The number of nitrogens with zero attached hydrogens (tertiary/aromatic N) is 1. The molecule has 0 rings (SSSR count). The Morgan fingerprint density at radius 2 is 1.28 bits per heavy atom. The van der Waals surface area contributed by atoms with Gasteiger partial charge in [-0.1, -0.05) is 134 Å². The highest BCUT2D eigenvalue weighted by Gasteiger charge is 2.28. The summed E-state index contributed by atoms with van der Waals surface area (Å²) in [5, 5.41) is 13.8. The maximum Gasteiger partial charge on any atom is 0.472 e. The molecule has 0 aromatic heterocycles. The molecule has 3 atom stereocenters. The second-order valence-electron chi connectivity index (χ2n) is 13.9. The predicted octanol–water partition coefficient (Wildman–Crippen LogP) is 9.57. The highest BCUT2D eigenvalue weighted by atomic mass is 31.2. The zero-order valence-corrected chi connectivity index (χ0v) is 31.9. The third-order valence-electron chi connectivity index (χ3n) is 8.15. The second-order valence-corrected chi connectivity index (χ2v) is 15.4. The number of nitrogens with one attached hydrogen (secondary N) is 1. The van der Waals surface area contributed by atoms with Crippen LogP contribution in [0.5, 0.6) is 0 Å². The summed E-state index contributed by atoms with van der Waals surface area (Å²) in [6.45, 7) is 4.71. The van der Waals surface area contributed by atoms with Gasteiger partial charge in [0.15, 0.2) is 0 Å². The number of rotatable bonds is 33. The van der Waals surface area contributed by atoms with Crippen LogP contribution in [0.25, 0.3) is 0 Å². The van der Waals surface area contributed by atoms with Crippen LogP contribution in [0.15, 0.2) is 36.5 Å². The largest absolute Gasteiger partial charge is 0.472 e. The maximum absolute atomic E-state index is 12.8. The van der Waals surface area contributed by atoms with E-state index in [1.165, 1.54) is 57.8 Å². The van der Waals surface area contributed by atoms with Crippen LogP contribution in [0.2, 0.25) is 0 Å². The molecule has 0 bridgehead atoms. The van der Waals surface area contributed by atoms with Crippen molar-refractivity contribution in [3.05, 3.63) is 36.5 Å². The molecule has 0 aromatic rings. The minimum Gasteiger partial charge on any atom is -0.391 e. The van der Waals surface area contributed by atoms with Gasteiger partial charge in [-0.05, 0) is 44.9 Å². The van der Waals surface area contributed by atoms with Crippen molar-refractivity contribution < 1.29 is 32.9 Å². The third kappa shape index (κ3) is 33.0. The zero-order valence-electron chi connectivity index (χ0n) is 31.0. The number of phosphoric ester groups is 1. The summed E-state index contributed by atoms with van der Waals surface area (Å²) in [7, 11) is 1.60. The van der Waals surface area contributed by atoms with Crippen LogP contribution in [0.3, 0.4) is 0 Å². The van der Waals surface area contributed by atoms with Crippen LogP contribution in [-0.4, -0.2) is 73.4 Å². The van der Waals surface area contributed by atoms with Crippen molar-refractivity contribution >= 4 is 13.7 Å². The quantitative estimate of drug-likeness (QED) is 0.0275. The summed E-state index contributed by atoms with van der Waals surface area (Å²) >= 11 is 0. The zero-order chi connectivity index (χ0) is 35.1. The number of phosphoric acid groups is 1. The van der Waals surface area contributed by atoms with Gasteiger partial charge < -0.3 is 19.8 Å². The number of aliphatic hydroxyl groups is 1. The van der Waals surface area contributed by atoms with Gasteiger partial charge in [-0.3, -0.25) is 13.8 Å². The van der Waals surface area contributed by atoms with E-state index in [0.717, 1.165) is 64.2 Å². The molecule has 0 aliphatic heterocycles. The van der Waals surface area contributed by atoms with Crippen molar-refractivity contribution in [1.29, 1.82) is 0 Å². The highest BCUT2D eigenvalue weighted by Crippen LogP contribution is 2.43. The predicted molar refractivity (Wildman–Crippen MR) is 198 cm³/mol. The van der Waals surface area contributed by atoms with Crippen LogP contribution >= 0.6 is 7.82 Å². The molecule has 0 saturated carbocycles. The van der Waals surface area contributed by atoms with Crippen molar-refractivity contribution in [1.82, 2.24) is 5.32 Å². The normalized spacial score (nSPS) is 15.1. The Kier molecular flexibility index (Phi) is 29.9. The van der Waals surface area contributed by atoms with Crippen LogP contribution in [-0.2, 0) is 18.4 Å². The SMILES string of the molecule is CC/C=C\C/C=C\C/C=C\CCCCCCCCCC(=O)NC(COP(=O)(O)OCC[N+](C)(C)C)C(O)CCCCCCCCCC. The molecule has 0 aromatic carbocycles. The number of unbranched alkanes of at least 4 members (excludes halogenated alkanes) is 14. The maximum atomic E-state index is 12.8. The lowest BCUT2D eigenvalue weighted by Crippen LogP contribution is -2.46. The van der Waals surface area contributed by atoms with E-state index < -0.39 is 20.0 Å². The monoisotopic (exact) mass is 686 g/mol. The number of carbonyl (C=O) groups excluding carboxylic acids is 1. The molecule has 0 saturated heterocycles. The minimum absolute atomic E-state index is 0.0710. The number of allylic oxidation sites excluding steroid dienone is 6. The number of hydrogen-bond donors (Lipinski definition) is 3. The van der Waals surface area contributed by atoms with Crippen molar-refractivity contribution in [3.63, 3.8) is 0 Å². The van der Waals surface area contributed by atoms with Gasteiger partial charge >= 0.3 is 7.82 Å². The average Bonchev–Trinajstić information content (AvgIpc) is 3.01. The number of hydrogen-bond acceptors (Lipinski definition) is 5. The third-order valence-corrected chi connectivity index (χ3v) is 9.14. The van der Waals surface area contributed by atoms with Gasteiger partial charge in [0, 0.05) is 6.42 Å². The van der Waals surface area contributed by atoms with E-state index >= 15 is 0 Å². The molecule has 8 nitrogen and oxygen atoms in total.